The second kappa shape index (κ2) is 6.15. The van der Waals surface area contributed by atoms with Gasteiger partial charge in [0.05, 0.1) is 19.3 Å². The number of hydrogen-bond donors (Lipinski definition) is 2. The Bertz CT molecular complexity index is 306. The predicted molar refractivity (Wildman–Crippen MR) is 68.3 cm³/mol. The third kappa shape index (κ3) is 5.01. The zero-order valence-electron chi connectivity index (χ0n) is 11.6. The average molecular weight is 257 g/mol. The number of hydrogen-bond acceptors (Lipinski definition) is 4. The Morgan fingerprint density at radius 3 is 2.28 bits per heavy atom. The lowest BCUT2D eigenvalue weighted by Crippen LogP contribution is -2.54. The van der Waals surface area contributed by atoms with Gasteiger partial charge in [0, 0.05) is 18.6 Å². The minimum absolute atomic E-state index is 0.279. The van der Waals surface area contributed by atoms with Crippen molar-refractivity contribution >= 4 is 11.9 Å². The summed E-state index contributed by atoms with van der Waals surface area (Å²) >= 11 is 0. The minimum atomic E-state index is -0.451. The molecule has 0 aromatic rings. The maximum atomic E-state index is 11.9. The van der Waals surface area contributed by atoms with Gasteiger partial charge in [-0.3, -0.25) is 15.0 Å². The molecule has 1 rings (SSSR count). The molecular weight excluding hydrogens is 234 g/mol. The van der Waals surface area contributed by atoms with Crippen molar-refractivity contribution in [1.29, 1.82) is 0 Å². The first-order chi connectivity index (χ1) is 8.29. The standard InChI is InChI=1S/C12H23N3O3/c1-9(15-5-7-18-8-6-15)10(16)13-11(17)14-12(2,3)4/h9H,5-8H2,1-4H3,(H2,13,14,16,17)/t9-/m1/s1. The molecule has 0 spiro atoms. The summed E-state index contributed by atoms with van der Waals surface area (Å²) in [6, 6.07) is -0.771. The highest BCUT2D eigenvalue weighted by Gasteiger charge is 2.25. The number of amides is 3. The van der Waals surface area contributed by atoms with E-state index in [-0.39, 0.29) is 17.5 Å². The zero-order chi connectivity index (χ0) is 13.8. The minimum Gasteiger partial charge on any atom is -0.379 e. The number of morpholine rings is 1. The van der Waals surface area contributed by atoms with Crippen LogP contribution in [0.15, 0.2) is 0 Å². The SMILES string of the molecule is C[C@H](C(=O)NC(=O)NC(C)(C)C)N1CCOCC1. The van der Waals surface area contributed by atoms with Gasteiger partial charge < -0.3 is 10.1 Å². The molecule has 6 heteroatoms. The van der Waals surface area contributed by atoms with E-state index in [4.69, 9.17) is 4.74 Å². The second-order valence-electron chi connectivity index (χ2n) is 5.52. The van der Waals surface area contributed by atoms with E-state index in [1.54, 1.807) is 6.92 Å². The Kier molecular flexibility index (Phi) is 5.10. The lowest BCUT2D eigenvalue weighted by atomic mass is 10.1. The van der Waals surface area contributed by atoms with E-state index in [9.17, 15) is 9.59 Å². The Hall–Kier alpha value is -1.14. The maximum Gasteiger partial charge on any atom is 0.321 e. The molecular formula is C12H23N3O3. The molecule has 2 N–H and O–H groups in total. The van der Waals surface area contributed by atoms with Gasteiger partial charge in [0.25, 0.3) is 0 Å². The molecule has 104 valence electrons. The van der Waals surface area contributed by atoms with E-state index in [1.807, 2.05) is 25.7 Å². The molecule has 1 aliphatic rings. The van der Waals surface area contributed by atoms with E-state index in [1.165, 1.54) is 0 Å². The molecule has 1 aliphatic heterocycles. The Morgan fingerprint density at radius 2 is 1.78 bits per heavy atom. The van der Waals surface area contributed by atoms with Crippen LogP contribution in [0, 0.1) is 0 Å². The van der Waals surface area contributed by atoms with E-state index in [0.717, 1.165) is 13.1 Å². The van der Waals surface area contributed by atoms with E-state index >= 15 is 0 Å². The van der Waals surface area contributed by atoms with Gasteiger partial charge >= 0.3 is 6.03 Å². The molecule has 1 saturated heterocycles. The Morgan fingerprint density at radius 1 is 1.22 bits per heavy atom. The fourth-order valence-electron chi connectivity index (χ4n) is 1.72. The summed E-state index contributed by atoms with van der Waals surface area (Å²) < 4.78 is 5.22. The number of carbonyl (C=O) groups is 2. The average Bonchev–Trinajstić information content (AvgIpc) is 2.26. The molecule has 0 aliphatic carbocycles. The van der Waals surface area contributed by atoms with Crippen molar-refractivity contribution in [2.45, 2.75) is 39.3 Å². The highest BCUT2D eigenvalue weighted by molar-refractivity contribution is 5.97. The molecule has 0 aromatic carbocycles. The number of rotatable bonds is 2. The first-order valence-electron chi connectivity index (χ1n) is 6.24. The number of ether oxygens (including phenoxy) is 1. The summed E-state index contributed by atoms with van der Waals surface area (Å²) in [5, 5.41) is 5.06. The summed E-state index contributed by atoms with van der Waals surface area (Å²) in [6.07, 6.45) is 0. The lowest BCUT2D eigenvalue weighted by molar-refractivity contribution is -0.126. The summed E-state index contributed by atoms with van der Waals surface area (Å²) in [5.74, 6) is -0.279. The van der Waals surface area contributed by atoms with Gasteiger partial charge in [0.2, 0.25) is 5.91 Å². The van der Waals surface area contributed by atoms with Gasteiger partial charge in [-0.25, -0.2) is 4.79 Å². The Balaban J connectivity index is 2.41. The summed E-state index contributed by atoms with van der Waals surface area (Å²) in [6.45, 7) is 10.1. The third-order valence-electron chi connectivity index (χ3n) is 2.70. The van der Waals surface area contributed by atoms with Crippen LogP contribution in [0.4, 0.5) is 4.79 Å². The topological polar surface area (TPSA) is 70.7 Å². The fraction of sp³-hybridized carbons (Fsp3) is 0.833. The highest BCUT2D eigenvalue weighted by atomic mass is 16.5. The molecule has 3 amide bonds. The van der Waals surface area contributed by atoms with Crippen LogP contribution in [0.1, 0.15) is 27.7 Å². The zero-order valence-corrected chi connectivity index (χ0v) is 11.6. The molecule has 0 aromatic heterocycles. The van der Waals surface area contributed by atoms with Gasteiger partial charge in [-0.05, 0) is 27.7 Å². The van der Waals surface area contributed by atoms with Crippen molar-refractivity contribution in [3.8, 4) is 0 Å². The molecule has 18 heavy (non-hydrogen) atoms. The normalized spacial score (nSPS) is 19.1. The van der Waals surface area contributed by atoms with Crippen molar-refractivity contribution < 1.29 is 14.3 Å². The van der Waals surface area contributed by atoms with Crippen LogP contribution in [0.25, 0.3) is 0 Å². The van der Waals surface area contributed by atoms with Crippen LogP contribution in [-0.4, -0.2) is 54.7 Å². The first kappa shape index (κ1) is 14.9. The smallest absolute Gasteiger partial charge is 0.321 e. The highest BCUT2D eigenvalue weighted by Crippen LogP contribution is 2.04. The number of imide groups is 1. The summed E-state index contributed by atoms with van der Waals surface area (Å²) in [5.41, 5.74) is -0.355. The van der Waals surface area contributed by atoms with Gasteiger partial charge in [0.1, 0.15) is 0 Å². The van der Waals surface area contributed by atoms with E-state index in [0.29, 0.717) is 13.2 Å². The van der Waals surface area contributed by atoms with Crippen molar-refractivity contribution in [3.05, 3.63) is 0 Å². The van der Waals surface area contributed by atoms with Crippen LogP contribution in [0.5, 0.6) is 0 Å². The molecule has 6 nitrogen and oxygen atoms in total. The first-order valence-corrected chi connectivity index (χ1v) is 6.24. The van der Waals surface area contributed by atoms with Crippen LogP contribution < -0.4 is 10.6 Å². The number of nitrogens with zero attached hydrogens (tertiary/aromatic N) is 1. The molecule has 1 heterocycles. The van der Waals surface area contributed by atoms with Crippen molar-refractivity contribution in [1.82, 2.24) is 15.5 Å². The van der Waals surface area contributed by atoms with Crippen molar-refractivity contribution in [3.63, 3.8) is 0 Å². The molecule has 1 atom stereocenters. The van der Waals surface area contributed by atoms with Crippen molar-refractivity contribution in [2.75, 3.05) is 26.3 Å². The molecule has 0 bridgehead atoms. The molecule has 1 fully saturated rings. The molecule has 0 saturated carbocycles. The number of nitrogens with one attached hydrogen (secondary N) is 2. The van der Waals surface area contributed by atoms with E-state index < -0.39 is 6.03 Å². The maximum absolute atomic E-state index is 11.9. The van der Waals surface area contributed by atoms with Gasteiger partial charge in [0.15, 0.2) is 0 Å². The summed E-state index contributed by atoms with van der Waals surface area (Å²) in [7, 11) is 0. The predicted octanol–water partition coefficient (Wildman–Crippen LogP) is 0.331. The van der Waals surface area contributed by atoms with E-state index in [2.05, 4.69) is 10.6 Å². The molecule has 0 radical (unpaired) electrons. The molecule has 0 unspecified atom stereocenters. The van der Waals surface area contributed by atoms with Gasteiger partial charge in [-0.2, -0.15) is 0 Å². The Labute approximate surface area is 108 Å². The van der Waals surface area contributed by atoms with Gasteiger partial charge in [-0.1, -0.05) is 0 Å². The van der Waals surface area contributed by atoms with Crippen LogP contribution in [-0.2, 0) is 9.53 Å². The largest absolute Gasteiger partial charge is 0.379 e. The van der Waals surface area contributed by atoms with Crippen molar-refractivity contribution in [2.24, 2.45) is 0 Å². The number of carbonyl (C=O) groups excluding carboxylic acids is 2. The third-order valence-corrected chi connectivity index (χ3v) is 2.70. The fourth-order valence-corrected chi connectivity index (χ4v) is 1.72. The van der Waals surface area contributed by atoms with Crippen LogP contribution in [0.2, 0.25) is 0 Å². The summed E-state index contributed by atoms with van der Waals surface area (Å²) in [4.78, 5) is 25.5. The van der Waals surface area contributed by atoms with Crippen LogP contribution in [0.3, 0.4) is 0 Å². The lowest BCUT2D eigenvalue weighted by Gasteiger charge is -2.31. The quantitative estimate of drug-likeness (QED) is 0.748. The van der Waals surface area contributed by atoms with Gasteiger partial charge in [-0.15, -0.1) is 0 Å². The second-order valence-corrected chi connectivity index (χ2v) is 5.52. The van der Waals surface area contributed by atoms with Crippen LogP contribution >= 0.6 is 0 Å². The number of urea groups is 1. The monoisotopic (exact) mass is 257 g/mol.